The molecule has 114 valence electrons. The number of fused-ring (bicyclic) bond motifs is 3. The van der Waals surface area contributed by atoms with Crippen LogP contribution in [-0.4, -0.2) is 15.3 Å². The van der Waals surface area contributed by atoms with Crippen LogP contribution < -0.4 is 5.73 Å². The number of hydrogen-bond donors (Lipinski definition) is 1. The summed E-state index contributed by atoms with van der Waals surface area (Å²) in [5, 5.41) is 0. The highest BCUT2D eigenvalue weighted by Gasteiger charge is 2.23. The van der Waals surface area contributed by atoms with Crippen molar-refractivity contribution in [1.82, 2.24) is 9.38 Å². The summed E-state index contributed by atoms with van der Waals surface area (Å²) in [6, 6.07) is 6.39. The maximum atomic E-state index is 11.6. The number of hydrogen-bond acceptors (Lipinski definition) is 3. The fourth-order valence-corrected chi connectivity index (χ4v) is 4.73. The average molecular weight is 313 g/mol. The minimum absolute atomic E-state index is 0.365. The van der Waals surface area contributed by atoms with Crippen molar-refractivity contribution in [2.24, 2.45) is 5.73 Å². The lowest BCUT2D eigenvalue weighted by Gasteiger charge is -2.22. The van der Waals surface area contributed by atoms with Gasteiger partial charge in [0.1, 0.15) is 4.88 Å². The lowest BCUT2D eigenvalue weighted by atomic mass is 9.83. The molecule has 5 heteroatoms. The van der Waals surface area contributed by atoms with Crippen LogP contribution in [0.2, 0.25) is 0 Å². The molecule has 0 saturated heterocycles. The molecule has 1 fully saturated rings. The number of carbonyl (C=O) groups excluding carboxylic acids is 1. The first-order valence-corrected chi connectivity index (χ1v) is 8.68. The number of nitrogens with zero attached hydrogens (tertiary/aromatic N) is 2. The van der Waals surface area contributed by atoms with Gasteiger partial charge in [-0.05, 0) is 37.3 Å². The molecule has 1 amide bonds. The molecule has 4 nitrogen and oxygen atoms in total. The molecule has 1 aromatic carbocycles. The fraction of sp³-hybridized carbons (Fsp3) is 0.412. The van der Waals surface area contributed by atoms with E-state index < -0.39 is 0 Å². The van der Waals surface area contributed by atoms with Crippen LogP contribution in [0.15, 0.2) is 18.2 Å². The fourth-order valence-electron chi connectivity index (χ4n) is 3.75. The molecule has 3 aromatic rings. The number of thiazole rings is 1. The van der Waals surface area contributed by atoms with E-state index in [0.29, 0.717) is 10.8 Å². The lowest BCUT2D eigenvalue weighted by molar-refractivity contribution is 0.100. The summed E-state index contributed by atoms with van der Waals surface area (Å²) in [6.45, 7) is 1.96. The highest BCUT2D eigenvalue weighted by Crippen LogP contribution is 2.38. The largest absolute Gasteiger partial charge is 0.365 e. The smallest absolute Gasteiger partial charge is 0.260 e. The van der Waals surface area contributed by atoms with Crippen LogP contribution in [0.5, 0.6) is 0 Å². The third-order valence-electron chi connectivity index (χ3n) is 4.80. The number of carbonyl (C=O) groups is 1. The van der Waals surface area contributed by atoms with Crippen LogP contribution in [0.25, 0.3) is 16.0 Å². The first-order valence-electron chi connectivity index (χ1n) is 7.87. The SMILES string of the molecule is Cc1c(C(N)=O)sc2nc3cccc(C4CCCCC4)c3n12. The van der Waals surface area contributed by atoms with E-state index in [4.69, 9.17) is 10.7 Å². The van der Waals surface area contributed by atoms with Crippen molar-refractivity contribution in [1.29, 1.82) is 0 Å². The van der Waals surface area contributed by atoms with Gasteiger partial charge in [0.05, 0.1) is 11.0 Å². The van der Waals surface area contributed by atoms with E-state index in [2.05, 4.69) is 22.6 Å². The van der Waals surface area contributed by atoms with E-state index in [0.717, 1.165) is 16.2 Å². The molecule has 2 aromatic heterocycles. The normalized spacial score (nSPS) is 16.6. The Labute approximate surface area is 133 Å². The van der Waals surface area contributed by atoms with Gasteiger partial charge in [-0.2, -0.15) is 0 Å². The molecule has 2 heterocycles. The predicted molar refractivity (Wildman–Crippen MR) is 89.7 cm³/mol. The zero-order valence-electron chi connectivity index (χ0n) is 12.6. The molecule has 1 aliphatic carbocycles. The van der Waals surface area contributed by atoms with Gasteiger partial charge in [-0.1, -0.05) is 42.7 Å². The van der Waals surface area contributed by atoms with Gasteiger partial charge in [-0.15, -0.1) is 0 Å². The standard InChI is InChI=1S/C17H19N3OS/c1-10-15(16(18)21)22-17-19-13-9-5-8-12(14(13)20(10)17)11-6-3-2-4-7-11/h5,8-9,11H,2-4,6-7H2,1H3,(H2,18,21). The number of rotatable bonds is 2. The summed E-state index contributed by atoms with van der Waals surface area (Å²) in [7, 11) is 0. The van der Waals surface area contributed by atoms with Crippen LogP contribution in [0, 0.1) is 6.92 Å². The summed E-state index contributed by atoms with van der Waals surface area (Å²) >= 11 is 1.39. The molecule has 2 N–H and O–H groups in total. The van der Waals surface area contributed by atoms with Gasteiger partial charge in [0.2, 0.25) is 0 Å². The van der Waals surface area contributed by atoms with Crippen LogP contribution in [-0.2, 0) is 0 Å². The van der Waals surface area contributed by atoms with Gasteiger partial charge in [0.15, 0.2) is 4.96 Å². The first-order chi connectivity index (χ1) is 10.7. The Bertz CT molecular complexity index is 871. The van der Waals surface area contributed by atoms with Crippen molar-refractivity contribution in [2.75, 3.05) is 0 Å². The van der Waals surface area contributed by atoms with Crippen LogP contribution in [0.4, 0.5) is 0 Å². The van der Waals surface area contributed by atoms with Gasteiger partial charge >= 0.3 is 0 Å². The Balaban J connectivity index is 2.00. The van der Waals surface area contributed by atoms with Crippen molar-refractivity contribution < 1.29 is 4.79 Å². The molecule has 0 atom stereocenters. The van der Waals surface area contributed by atoms with Crippen LogP contribution >= 0.6 is 11.3 Å². The molecule has 1 saturated carbocycles. The minimum atomic E-state index is -0.365. The number of benzene rings is 1. The monoisotopic (exact) mass is 313 g/mol. The third kappa shape index (κ3) is 1.96. The Hall–Kier alpha value is -1.88. The maximum Gasteiger partial charge on any atom is 0.260 e. The Kier molecular flexibility index (Phi) is 3.18. The summed E-state index contributed by atoms with van der Waals surface area (Å²) in [6.07, 6.45) is 6.45. The molecule has 0 unspecified atom stereocenters. The van der Waals surface area contributed by atoms with E-state index in [9.17, 15) is 4.79 Å². The predicted octanol–water partition coefficient (Wildman–Crippen LogP) is 4.00. The van der Waals surface area contributed by atoms with E-state index >= 15 is 0 Å². The van der Waals surface area contributed by atoms with E-state index in [1.54, 1.807) is 0 Å². The van der Waals surface area contributed by atoms with Gasteiger partial charge in [0, 0.05) is 5.69 Å². The second kappa shape index (κ2) is 5.09. The van der Waals surface area contributed by atoms with Crippen molar-refractivity contribution in [3.05, 3.63) is 34.3 Å². The molecule has 0 bridgehead atoms. The summed E-state index contributed by atoms with van der Waals surface area (Å²) in [4.78, 5) is 17.8. The van der Waals surface area contributed by atoms with Crippen molar-refractivity contribution >= 4 is 33.2 Å². The quantitative estimate of drug-likeness (QED) is 0.777. The number of amides is 1. The Morgan fingerprint density at radius 1 is 1.32 bits per heavy atom. The van der Waals surface area contributed by atoms with Gasteiger partial charge in [-0.25, -0.2) is 4.98 Å². The van der Waals surface area contributed by atoms with Crippen LogP contribution in [0.3, 0.4) is 0 Å². The number of aromatic nitrogens is 2. The number of imidazole rings is 1. The highest BCUT2D eigenvalue weighted by atomic mass is 32.1. The molecular formula is C17H19N3OS. The zero-order valence-corrected chi connectivity index (χ0v) is 13.4. The molecule has 0 aliphatic heterocycles. The molecule has 4 rings (SSSR count). The van der Waals surface area contributed by atoms with E-state index in [1.807, 2.05) is 6.92 Å². The number of primary amides is 1. The van der Waals surface area contributed by atoms with E-state index in [1.165, 1.54) is 54.5 Å². The molecule has 1 aliphatic rings. The van der Waals surface area contributed by atoms with Gasteiger partial charge in [-0.3, -0.25) is 9.20 Å². The highest BCUT2D eigenvalue weighted by molar-refractivity contribution is 7.19. The summed E-state index contributed by atoms with van der Waals surface area (Å²) in [5.41, 5.74) is 9.98. The topological polar surface area (TPSA) is 60.4 Å². The Morgan fingerprint density at radius 2 is 2.09 bits per heavy atom. The van der Waals surface area contributed by atoms with Crippen molar-refractivity contribution in [3.8, 4) is 0 Å². The van der Waals surface area contributed by atoms with Gasteiger partial charge < -0.3 is 5.73 Å². The molecular weight excluding hydrogens is 294 g/mol. The van der Waals surface area contributed by atoms with Gasteiger partial charge in [0.25, 0.3) is 5.91 Å². The summed E-state index contributed by atoms with van der Waals surface area (Å²) in [5.74, 6) is 0.241. The molecule has 0 spiro atoms. The van der Waals surface area contributed by atoms with Crippen molar-refractivity contribution in [3.63, 3.8) is 0 Å². The minimum Gasteiger partial charge on any atom is -0.365 e. The second-order valence-corrected chi connectivity index (χ2v) is 7.14. The number of aryl methyl sites for hydroxylation is 1. The van der Waals surface area contributed by atoms with Crippen LogP contribution in [0.1, 0.15) is 59.0 Å². The lowest BCUT2D eigenvalue weighted by Crippen LogP contribution is -2.11. The zero-order chi connectivity index (χ0) is 15.3. The maximum absolute atomic E-state index is 11.6. The first kappa shape index (κ1) is 13.8. The molecule has 0 radical (unpaired) electrons. The number of nitrogens with two attached hydrogens (primary N) is 1. The third-order valence-corrected chi connectivity index (χ3v) is 5.96. The second-order valence-electron chi connectivity index (χ2n) is 6.16. The number of para-hydroxylation sites is 1. The average Bonchev–Trinajstić information content (AvgIpc) is 3.05. The summed E-state index contributed by atoms with van der Waals surface area (Å²) < 4.78 is 2.13. The molecule has 22 heavy (non-hydrogen) atoms. The van der Waals surface area contributed by atoms with E-state index in [-0.39, 0.29) is 5.91 Å². The van der Waals surface area contributed by atoms with Crippen molar-refractivity contribution in [2.45, 2.75) is 44.9 Å². The Morgan fingerprint density at radius 3 is 2.82 bits per heavy atom.